The maximum Gasteiger partial charge on any atom is 0.119 e. The summed E-state index contributed by atoms with van der Waals surface area (Å²) < 4.78 is 6.40. The summed E-state index contributed by atoms with van der Waals surface area (Å²) in [5.74, 6) is 0.866. The summed E-state index contributed by atoms with van der Waals surface area (Å²) in [6.45, 7) is 3.92. The van der Waals surface area contributed by atoms with E-state index in [1.165, 1.54) is 5.56 Å². The lowest BCUT2D eigenvalue weighted by Crippen LogP contribution is -2.24. The highest BCUT2D eigenvalue weighted by molar-refractivity contribution is 9.10. The molecule has 2 aromatic rings. The van der Waals surface area contributed by atoms with Crippen LogP contribution < -0.4 is 15.4 Å². The molecule has 0 saturated carbocycles. The average Bonchev–Trinajstić information content (AvgIpc) is 2.49. The van der Waals surface area contributed by atoms with Gasteiger partial charge in [0.15, 0.2) is 0 Å². The molecule has 0 aromatic heterocycles. The number of nitrogens with zero attached hydrogens (tertiary/aromatic N) is 1. The summed E-state index contributed by atoms with van der Waals surface area (Å²) in [4.78, 5) is 2.30. The first-order valence-electron chi connectivity index (χ1n) is 7.07. The van der Waals surface area contributed by atoms with Crippen molar-refractivity contribution in [2.45, 2.75) is 19.9 Å². The molecule has 2 N–H and O–H groups in total. The number of rotatable bonds is 6. The van der Waals surface area contributed by atoms with Crippen LogP contribution in [0.3, 0.4) is 0 Å². The van der Waals surface area contributed by atoms with Crippen molar-refractivity contribution in [3.63, 3.8) is 0 Å². The minimum absolute atomic E-state index is 0.792. The van der Waals surface area contributed by atoms with Gasteiger partial charge in [-0.1, -0.05) is 35.0 Å². The Bertz CT molecular complexity index is 601. The van der Waals surface area contributed by atoms with Crippen molar-refractivity contribution < 1.29 is 4.74 Å². The van der Waals surface area contributed by atoms with E-state index in [1.54, 1.807) is 7.11 Å². The van der Waals surface area contributed by atoms with E-state index in [-0.39, 0.29) is 0 Å². The van der Waals surface area contributed by atoms with E-state index in [0.29, 0.717) is 0 Å². The minimum Gasteiger partial charge on any atom is -0.497 e. The molecule has 0 spiro atoms. The van der Waals surface area contributed by atoms with Crippen molar-refractivity contribution in [3.8, 4) is 5.75 Å². The molecule has 0 bridgehead atoms. The fourth-order valence-corrected chi connectivity index (χ4v) is 2.71. The Labute approximate surface area is 134 Å². The largest absolute Gasteiger partial charge is 0.497 e. The van der Waals surface area contributed by atoms with E-state index >= 15 is 0 Å². The lowest BCUT2D eigenvalue weighted by atomic mass is 10.1. The van der Waals surface area contributed by atoms with Gasteiger partial charge in [0.1, 0.15) is 5.75 Å². The number of hydrogen-bond donors (Lipinski definition) is 1. The zero-order valence-electron chi connectivity index (χ0n) is 12.5. The third kappa shape index (κ3) is 3.91. The summed E-state index contributed by atoms with van der Waals surface area (Å²) in [6, 6.07) is 14.0. The van der Waals surface area contributed by atoms with Crippen LogP contribution in [0.15, 0.2) is 46.9 Å². The van der Waals surface area contributed by atoms with E-state index in [9.17, 15) is 0 Å². The van der Waals surface area contributed by atoms with Crippen LogP contribution in [0.5, 0.6) is 5.75 Å². The lowest BCUT2D eigenvalue weighted by molar-refractivity contribution is 0.414. The average molecular weight is 349 g/mol. The van der Waals surface area contributed by atoms with E-state index in [4.69, 9.17) is 10.5 Å². The third-order valence-corrected chi connectivity index (χ3v) is 4.16. The Morgan fingerprint density at radius 1 is 1.19 bits per heavy atom. The zero-order chi connectivity index (χ0) is 15.2. The van der Waals surface area contributed by atoms with Crippen molar-refractivity contribution in [1.29, 1.82) is 0 Å². The second kappa shape index (κ2) is 7.36. The van der Waals surface area contributed by atoms with Gasteiger partial charge in [-0.25, -0.2) is 0 Å². The minimum atomic E-state index is 0.792. The molecule has 4 heteroatoms. The molecule has 2 rings (SSSR count). The number of hydrogen-bond acceptors (Lipinski definition) is 3. The van der Waals surface area contributed by atoms with Crippen LogP contribution in [0.4, 0.5) is 11.4 Å². The molecule has 0 aliphatic heterocycles. The van der Waals surface area contributed by atoms with E-state index in [2.05, 4.69) is 39.9 Å². The SMILES string of the molecule is CCCN(Cc1cc(OC)ccc1Br)c1ccccc1N. The molecule has 21 heavy (non-hydrogen) atoms. The van der Waals surface area contributed by atoms with Gasteiger partial charge in [-0.05, 0) is 42.3 Å². The molecule has 3 nitrogen and oxygen atoms in total. The molecule has 0 saturated heterocycles. The van der Waals surface area contributed by atoms with Crippen LogP contribution >= 0.6 is 15.9 Å². The Hall–Kier alpha value is -1.68. The molecule has 2 aromatic carbocycles. The summed E-state index contributed by atoms with van der Waals surface area (Å²) in [6.07, 6.45) is 1.07. The highest BCUT2D eigenvalue weighted by Gasteiger charge is 2.12. The lowest BCUT2D eigenvalue weighted by Gasteiger charge is -2.26. The molecule has 0 aliphatic carbocycles. The first-order valence-corrected chi connectivity index (χ1v) is 7.87. The van der Waals surface area contributed by atoms with Gasteiger partial charge in [0.05, 0.1) is 18.5 Å². The van der Waals surface area contributed by atoms with Crippen LogP contribution in [0, 0.1) is 0 Å². The molecule has 0 amide bonds. The second-order valence-electron chi connectivity index (χ2n) is 4.94. The van der Waals surface area contributed by atoms with Crippen LogP contribution in [0.2, 0.25) is 0 Å². The predicted octanol–water partition coefficient (Wildman–Crippen LogP) is 4.46. The first kappa shape index (κ1) is 15.7. The number of para-hydroxylation sites is 2. The fourth-order valence-electron chi connectivity index (χ4n) is 2.33. The van der Waals surface area contributed by atoms with Gasteiger partial charge < -0.3 is 15.4 Å². The van der Waals surface area contributed by atoms with Crippen LogP contribution in [0.25, 0.3) is 0 Å². The van der Waals surface area contributed by atoms with Gasteiger partial charge in [-0.15, -0.1) is 0 Å². The highest BCUT2D eigenvalue weighted by atomic mass is 79.9. The molecular weight excluding hydrogens is 328 g/mol. The Morgan fingerprint density at radius 2 is 1.95 bits per heavy atom. The number of nitrogen functional groups attached to an aromatic ring is 1. The maximum absolute atomic E-state index is 6.12. The quantitative estimate of drug-likeness (QED) is 0.783. The van der Waals surface area contributed by atoms with E-state index in [0.717, 1.165) is 41.1 Å². The normalized spacial score (nSPS) is 10.4. The van der Waals surface area contributed by atoms with Gasteiger partial charge in [-0.3, -0.25) is 0 Å². The summed E-state index contributed by atoms with van der Waals surface area (Å²) in [7, 11) is 1.69. The molecular formula is C17H21BrN2O. The number of nitrogens with two attached hydrogens (primary N) is 1. The summed E-state index contributed by atoms with van der Waals surface area (Å²) >= 11 is 3.62. The number of halogens is 1. The van der Waals surface area contributed by atoms with Gasteiger partial charge in [0, 0.05) is 17.6 Å². The Morgan fingerprint density at radius 3 is 2.62 bits per heavy atom. The predicted molar refractivity (Wildman–Crippen MR) is 92.9 cm³/mol. The van der Waals surface area contributed by atoms with Crippen molar-refractivity contribution >= 4 is 27.3 Å². The van der Waals surface area contributed by atoms with Gasteiger partial charge in [0.2, 0.25) is 0 Å². The van der Waals surface area contributed by atoms with Crippen LogP contribution in [-0.4, -0.2) is 13.7 Å². The zero-order valence-corrected chi connectivity index (χ0v) is 14.1. The van der Waals surface area contributed by atoms with E-state index in [1.807, 2.05) is 30.3 Å². The molecule has 0 fully saturated rings. The number of ether oxygens (including phenoxy) is 1. The van der Waals surface area contributed by atoms with E-state index < -0.39 is 0 Å². The van der Waals surface area contributed by atoms with Crippen LogP contribution in [-0.2, 0) is 6.54 Å². The smallest absolute Gasteiger partial charge is 0.119 e. The molecule has 0 unspecified atom stereocenters. The monoisotopic (exact) mass is 348 g/mol. The summed E-state index contributed by atoms with van der Waals surface area (Å²) in [5, 5.41) is 0. The standard InChI is InChI=1S/C17H21BrN2O/c1-3-10-20(17-7-5-4-6-16(17)19)12-13-11-14(21-2)8-9-15(13)18/h4-9,11H,3,10,12,19H2,1-2H3. The fraction of sp³-hybridized carbons (Fsp3) is 0.294. The molecule has 0 heterocycles. The van der Waals surface area contributed by atoms with Crippen molar-refractivity contribution in [2.75, 3.05) is 24.3 Å². The Balaban J connectivity index is 2.30. The maximum atomic E-state index is 6.12. The second-order valence-corrected chi connectivity index (χ2v) is 5.79. The van der Waals surface area contributed by atoms with Crippen molar-refractivity contribution in [1.82, 2.24) is 0 Å². The molecule has 112 valence electrons. The number of benzene rings is 2. The topological polar surface area (TPSA) is 38.5 Å². The van der Waals surface area contributed by atoms with Gasteiger partial charge >= 0.3 is 0 Å². The number of methoxy groups -OCH3 is 1. The third-order valence-electron chi connectivity index (χ3n) is 3.39. The molecule has 0 radical (unpaired) electrons. The Kier molecular flexibility index (Phi) is 5.51. The van der Waals surface area contributed by atoms with Gasteiger partial charge in [0.25, 0.3) is 0 Å². The summed E-state index contributed by atoms with van der Waals surface area (Å²) in [5.41, 5.74) is 9.20. The van der Waals surface area contributed by atoms with Gasteiger partial charge in [-0.2, -0.15) is 0 Å². The highest BCUT2D eigenvalue weighted by Crippen LogP contribution is 2.28. The van der Waals surface area contributed by atoms with Crippen LogP contribution in [0.1, 0.15) is 18.9 Å². The molecule has 0 aliphatic rings. The number of anilines is 2. The van der Waals surface area contributed by atoms with Crippen molar-refractivity contribution in [2.24, 2.45) is 0 Å². The van der Waals surface area contributed by atoms with Crippen molar-refractivity contribution in [3.05, 3.63) is 52.5 Å². The first-order chi connectivity index (χ1) is 10.2. The molecule has 0 atom stereocenters.